The Balaban J connectivity index is 1.96. The maximum absolute atomic E-state index is 13.5. The number of aliphatic hydroxyl groups is 1. The van der Waals surface area contributed by atoms with Gasteiger partial charge in [0.15, 0.2) is 0 Å². The molecule has 1 fully saturated rings. The Bertz CT molecular complexity index is 1320. The first-order valence-electron chi connectivity index (χ1n) is 11.8. The number of nitrogens with zero attached hydrogens (tertiary/aromatic N) is 2. The smallest absolute Gasteiger partial charge is 0.300 e. The maximum Gasteiger partial charge on any atom is 0.300 e. The molecule has 1 saturated heterocycles. The minimum Gasteiger partial charge on any atom is -0.507 e. The number of carbonyl (C=O) groups is 2. The number of pyridine rings is 1. The summed E-state index contributed by atoms with van der Waals surface area (Å²) >= 11 is 0. The lowest BCUT2D eigenvalue weighted by atomic mass is 9.85. The van der Waals surface area contributed by atoms with Crippen LogP contribution in [-0.4, -0.2) is 35.5 Å². The summed E-state index contributed by atoms with van der Waals surface area (Å²) in [5, 5.41) is 11.6. The number of Topliss-reactive ketones (excluding diaryl/α,β-unsaturated/α-hetero) is 1. The molecule has 36 heavy (non-hydrogen) atoms. The Morgan fingerprint density at radius 3 is 2.50 bits per heavy atom. The van der Waals surface area contributed by atoms with E-state index in [9.17, 15) is 14.7 Å². The summed E-state index contributed by atoms with van der Waals surface area (Å²) in [4.78, 5) is 32.5. The fourth-order valence-corrected chi connectivity index (χ4v) is 4.35. The Hall–Kier alpha value is -4.13. The Morgan fingerprint density at radius 1 is 1.08 bits per heavy atom. The second kappa shape index (κ2) is 9.85. The number of rotatable bonds is 6. The van der Waals surface area contributed by atoms with Crippen LogP contribution in [0.25, 0.3) is 5.76 Å². The number of methoxy groups -OCH3 is 1. The van der Waals surface area contributed by atoms with E-state index < -0.39 is 17.7 Å². The summed E-state index contributed by atoms with van der Waals surface area (Å²) in [5.74, 6) is -0.860. The number of hydrogen-bond acceptors (Lipinski definition) is 6. The molecule has 1 amide bonds. The van der Waals surface area contributed by atoms with Crippen LogP contribution in [0, 0.1) is 0 Å². The largest absolute Gasteiger partial charge is 0.507 e. The number of aliphatic hydroxyl groups excluding tert-OH is 1. The van der Waals surface area contributed by atoms with Crippen molar-refractivity contribution >= 4 is 23.1 Å². The van der Waals surface area contributed by atoms with Gasteiger partial charge in [-0.25, -0.2) is 0 Å². The van der Waals surface area contributed by atoms with Crippen molar-refractivity contribution in [2.75, 3.05) is 18.6 Å². The van der Waals surface area contributed by atoms with Gasteiger partial charge < -0.3 is 14.6 Å². The molecule has 4 rings (SSSR count). The number of hydrogen-bond donors (Lipinski definition) is 1. The monoisotopic (exact) mass is 486 g/mol. The quantitative estimate of drug-likeness (QED) is 0.285. The molecule has 186 valence electrons. The van der Waals surface area contributed by atoms with Crippen LogP contribution < -0.4 is 14.4 Å². The van der Waals surface area contributed by atoms with E-state index in [1.54, 1.807) is 60.9 Å². The van der Waals surface area contributed by atoms with Gasteiger partial charge in [0.2, 0.25) is 0 Å². The molecular weight excluding hydrogens is 456 g/mol. The number of benzene rings is 2. The number of anilines is 1. The van der Waals surface area contributed by atoms with Crippen LogP contribution in [0.1, 0.15) is 50.4 Å². The molecule has 1 aliphatic rings. The predicted molar refractivity (Wildman–Crippen MR) is 138 cm³/mol. The minimum atomic E-state index is -0.890. The molecule has 1 aromatic heterocycles. The highest BCUT2D eigenvalue weighted by Gasteiger charge is 2.47. The molecule has 1 atom stereocenters. The number of amides is 1. The SMILES string of the molecule is CCOc1cccc(N2C(=O)C(=O)/C(=C(/O)c3cc(C(C)(C)C)ccc3OC)C2c2cccnc2)c1. The summed E-state index contributed by atoms with van der Waals surface area (Å²) in [7, 11) is 1.50. The van der Waals surface area contributed by atoms with E-state index >= 15 is 0 Å². The van der Waals surface area contributed by atoms with Gasteiger partial charge in [-0.05, 0) is 53.8 Å². The third-order valence-electron chi connectivity index (χ3n) is 6.17. The summed E-state index contributed by atoms with van der Waals surface area (Å²) in [6.45, 7) is 8.49. The molecule has 1 unspecified atom stereocenters. The highest BCUT2D eigenvalue weighted by molar-refractivity contribution is 6.51. The van der Waals surface area contributed by atoms with Crippen LogP contribution in [0.3, 0.4) is 0 Å². The van der Waals surface area contributed by atoms with Crippen LogP contribution in [0.2, 0.25) is 0 Å². The van der Waals surface area contributed by atoms with Gasteiger partial charge in [0.25, 0.3) is 11.7 Å². The lowest BCUT2D eigenvalue weighted by Crippen LogP contribution is -2.29. The van der Waals surface area contributed by atoms with E-state index in [0.717, 1.165) is 5.56 Å². The minimum absolute atomic E-state index is 0.0285. The normalized spacial score (nSPS) is 17.4. The van der Waals surface area contributed by atoms with Crippen molar-refractivity contribution < 1.29 is 24.2 Å². The lowest BCUT2D eigenvalue weighted by molar-refractivity contribution is -0.132. The predicted octanol–water partition coefficient (Wildman–Crippen LogP) is 5.41. The third-order valence-corrected chi connectivity index (χ3v) is 6.17. The molecule has 0 aliphatic carbocycles. The van der Waals surface area contributed by atoms with Gasteiger partial charge in [-0.15, -0.1) is 0 Å². The van der Waals surface area contributed by atoms with Crippen LogP contribution in [0.15, 0.2) is 72.6 Å². The van der Waals surface area contributed by atoms with Crippen LogP contribution in [0.5, 0.6) is 11.5 Å². The van der Waals surface area contributed by atoms with E-state index in [1.165, 1.54) is 12.0 Å². The molecule has 0 bridgehead atoms. The van der Waals surface area contributed by atoms with Gasteiger partial charge in [-0.1, -0.05) is 39.0 Å². The summed E-state index contributed by atoms with van der Waals surface area (Å²) in [5.41, 5.74) is 2.12. The molecule has 0 saturated carbocycles. The van der Waals surface area contributed by atoms with Crippen molar-refractivity contribution in [1.82, 2.24) is 4.98 Å². The van der Waals surface area contributed by atoms with E-state index in [1.807, 2.05) is 13.0 Å². The molecule has 7 nitrogen and oxygen atoms in total. The van der Waals surface area contributed by atoms with Crippen molar-refractivity contribution in [2.24, 2.45) is 0 Å². The Kier molecular flexibility index (Phi) is 6.84. The molecule has 2 aromatic carbocycles. The zero-order valence-corrected chi connectivity index (χ0v) is 21.1. The van der Waals surface area contributed by atoms with Gasteiger partial charge in [0, 0.05) is 24.1 Å². The second-order valence-corrected chi connectivity index (χ2v) is 9.55. The highest BCUT2D eigenvalue weighted by atomic mass is 16.5. The van der Waals surface area contributed by atoms with E-state index in [-0.39, 0.29) is 16.7 Å². The van der Waals surface area contributed by atoms with Crippen molar-refractivity contribution in [3.8, 4) is 11.5 Å². The van der Waals surface area contributed by atoms with Crippen LogP contribution >= 0.6 is 0 Å². The topological polar surface area (TPSA) is 89.0 Å². The van der Waals surface area contributed by atoms with Gasteiger partial charge in [0.05, 0.1) is 30.9 Å². The van der Waals surface area contributed by atoms with Crippen LogP contribution in [0.4, 0.5) is 5.69 Å². The first-order valence-corrected chi connectivity index (χ1v) is 11.8. The van der Waals surface area contributed by atoms with Gasteiger partial charge in [-0.3, -0.25) is 19.5 Å². The molecule has 0 spiro atoms. The Morgan fingerprint density at radius 2 is 1.86 bits per heavy atom. The number of carbonyl (C=O) groups excluding carboxylic acids is 2. The molecule has 1 aliphatic heterocycles. The highest BCUT2D eigenvalue weighted by Crippen LogP contribution is 2.44. The summed E-state index contributed by atoms with van der Waals surface area (Å²) in [6.07, 6.45) is 3.20. The van der Waals surface area contributed by atoms with Crippen LogP contribution in [-0.2, 0) is 15.0 Å². The number of aromatic nitrogens is 1. The van der Waals surface area contributed by atoms with Crippen molar-refractivity contribution in [3.63, 3.8) is 0 Å². The third kappa shape index (κ3) is 4.56. The number of ether oxygens (including phenoxy) is 2. The van der Waals surface area contributed by atoms with Crippen molar-refractivity contribution in [3.05, 3.63) is 89.3 Å². The van der Waals surface area contributed by atoms with E-state index in [0.29, 0.717) is 34.9 Å². The molecule has 1 N–H and O–H groups in total. The van der Waals surface area contributed by atoms with Gasteiger partial charge >= 0.3 is 0 Å². The molecule has 7 heteroatoms. The van der Waals surface area contributed by atoms with Crippen molar-refractivity contribution in [2.45, 2.75) is 39.2 Å². The van der Waals surface area contributed by atoms with Gasteiger partial charge in [0.1, 0.15) is 17.3 Å². The number of ketones is 1. The fraction of sp³-hybridized carbons (Fsp3) is 0.276. The zero-order valence-electron chi connectivity index (χ0n) is 21.1. The maximum atomic E-state index is 13.5. The van der Waals surface area contributed by atoms with E-state index in [2.05, 4.69) is 25.8 Å². The zero-order chi connectivity index (χ0) is 26.0. The lowest BCUT2D eigenvalue weighted by Gasteiger charge is -2.26. The first-order chi connectivity index (χ1) is 17.2. The fourth-order valence-electron chi connectivity index (χ4n) is 4.35. The molecule has 3 aromatic rings. The molecular formula is C29H30N2O5. The molecule has 2 heterocycles. The summed E-state index contributed by atoms with van der Waals surface area (Å²) in [6, 6.07) is 15.1. The Labute approximate surface area is 211 Å². The first kappa shape index (κ1) is 25.0. The summed E-state index contributed by atoms with van der Waals surface area (Å²) < 4.78 is 11.1. The van der Waals surface area contributed by atoms with Crippen molar-refractivity contribution in [1.29, 1.82) is 0 Å². The second-order valence-electron chi connectivity index (χ2n) is 9.55. The van der Waals surface area contributed by atoms with Gasteiger partial charge in [-0.2, -0.15) is 0 Å². The standard InChI is InChI=1S/C29H30N2O5/c1-6-36-21-11-7-10-20(16-21)31-25(18-9-8-14-30-17-18)24(27(33)28(31)34)26(32)22-15-19(29(2,3)4)12-13-23(22)35-5/h7-17,25,32H,6H2,1-5H3/b26-24+. The molecule has 0 radical (unpaired) electrons. The van der Waals surface area contributed by atoms with E-state index in [4.69, 9.17) is 9.47 Å². The average molecular weight is 487 g/mol. The average Bonchev–Trinajstić information content (AvgIpc) is 3.14.